The van der Waals surface area contributed by atoms with E-state index in [0.717, 1.165) is 32.5 Å². The second-order valence-corrected chi connectivity index (χ2v) is 7.79. The molecule has 1 aromatic carbocycles. The maximum Gasteiger partial charge on any atom is 0.236 e. The van der Waals surface area contributed by atoms with Gasteiger partial charge in [0, 0.05) is 26.2 Å². The molecule has 3 rings (SSSR count). The van der Waals surface area contributed by atoms with Crippen molar-refractivity contribution < 1.29 is 14.6 Å². The van der Waals surface area contributed by atoms with Crippen LogP contribution in [0.15, 0.2) is 24.3 Å². The Morgan fingerprint density at radius 2 is 1.93 bits per heavy atom. The van der Waals surface area contributed by atoms with Crippen LogP contribution in [0.25, 0.3) is 6.08 Å². The molecule has 0 radical (unpaired) electrons. The van der Waals surface area contributed by atoms with E-state index in [1.54, 1.807) is 0 Å². The third kappa shape index (κ3) is 5.41. The summed E-state index contributed by atoms with van der Waals surface area (Å²) in [5.74, 6) is 0.737. The molecule has 0 aromatic heterocycles. The van der Waals surface area contributed by atoms with E-state index >= 15 is 0 Å². The number of nitrogens with zero attached hydrogens (tertiary/aromatic N) is 2. The molecule has 5 heteroatoms. The third-order valence-electron chi connectivity index (χ3n) is 5.75. The minimum absolute atomic E-state index is 0.0166. The topological polar surface area (TPSA) is 53.0 Å². The highest BCUT2D eigenvalue weighted by Crippen LogP contribution is 2.22. The van der Waals surface area contributed by atoms with Gasteiger partial charge in [-0.05, 0) is 49.3 Å². The molecule has 1 atom stereocenters. The Balaban J connectivity index is 1.47. The quantitative estimate of drug-likeness (QED) is 0.861. The lowest BCUT2D eigenvalue weighted by Crippen LogP contribution is -2.49. The Morgan fingerprint density at radius 1 is 1.22 bits per heavy atom. The fourth-order valence-electron chi connectivity index (χ4n) is 3.99. The smallest absolute Gasteiger partial charge is 0.236 e. The highest BCUT2D eigenvalue weighted by Gasteiger charge is 2.26. The van der Waals surface area contributed by atoms with E-state index in [1.165, 1.54) is 16.7 Å². The zero-order valence-electron chi connectivity index (χ0n) is 16.6. The SMILES string of the molecule is Cc1cccc(C)c1/C=C/C1CCN(C(=O)CN2CCO[C@H](CO)C2)CC1. The van der Waals surface area contributed by atoms with E-state index in [9.17, 15) is 9.90 Å². The van der Waals surface area contributed by atoms with Gasteiger partial charge in [0.05, 0.1) is 25.9 Å². The number of hydrogen-bond donors (Lipinski definition) is 1. The number of aryl methyl sites for hydroxylation is 2. The Labute approximate surface area is 162 Å². The Kier molecular flexibility index (Phi) is 7.05. The van der Waals surface area contributed by atoms with Crippen molar-refractivity contribution in [2.75, 3.05) is 45.9 Å². The number of morpholine rings is 1. The summed E-state index contributed by atoms with van der Waals surface area (Å²) in [5, 5.41) is 9.23. The Morgan fingerprint density at radius 3 is 2.59 bits per heavy atom. The first-order chi connectivity index (χ1) is 13.1. The molecule has 27 heavy (non-hydrogen) atoms. The summed E-state index contributed by atoms with van der Waals surface area (Å²) in [6.45, 7) is 8.40. The molecule has 148 valence electrons. The van der Waals surface area contributed by atoms with Gasteiger partial charge in [0.15, 0.2) is 0 Å². The molecular weight excluding hydrogens is 340 g/mol. The maximum atomic E-state index is 12.6. The summed E-state index contributed by atoms with van der Waals surface area (Å²) < 4.78 is 5.45. The average molecular weight is 373 g/mol. The molecule has 2 aliphatic rings. The molecule has 2 aliphatic heterocycles. The molecule has 0 saturated carbocycles. The van der Waals surface area contributed by atoms with Gasteiger partial charge in [0.2, 0.25) is 5.91 Å². The fraction of sp³-hybridized carbons (Fsp3) is 0.591. The van der Waals surface area contributed by atoms with Crippen molar-refractivity contribution in [1.29, 1.82) is 0 Å². The molecule has 1 aromatic rings. The molecule has 0 spiro atoms. The first-order valence-corrected chi connectivity index (χ1v) is 10.0. The predicted octanol–water partition coefficient (Wildman–Crippen LogP) is 2.25. The Hall–Kier alpha value is -1.69. The van der Waals surface area contributed by atoms with Gasteiger partial charge in [0.25, 0.3) is 0 Å². The monoisotopic (exact) mass is 372 g/mol. The zero-order valence-corrected chi connectivity index (χ0v) is 16.6. The standard InChI is InChI=1S/C22H32N2O3/c1-17-4-3-5-18(2)21(17)7-6-19-8-10-24(11-9-19)22(26)15-23-12-13-27-20(14-23)16-25/h3-7,19-20,25H,8-16H2,1-2H3/b7-6+/t20-/m0/s1. The molecule has 1 amide bonds. The second kappa shape index (κ2) is 9.49. The third-order valence-corrected chi connectivity index (χ3v) is 5.75. The maximum absolute atomic E-state index is 12.6. The largest absolute Gasteiger partial charge is 0.394 e. The lowest BCUT2D eigenvalue weighted by Gasteiger charge is -2.35. The van der Waals surface area contributed by atoms with Crippen LogP contribution in [0.1, 0.15) is 29.5 Å². The Bertz CT molecular complexity index is 645. The van der Waals surface area contributed by atoms with E-state index in [2.05, 4.69) is 49.1 Å². The molecule has 0 bridgehead atoms. The number of ether oxygens (including phenoxy) is 1. The van der Waals surface area contributed by atoms with Crippen LogP contribution in [-0.2, 0) is 9.53 Å². The first kappa shape index (κ1) is 20.1. The van der Waals surface area contributed by atoms with Crippen LogP contribution in [0.5, 0.6) is 0 Å². The molecular formula is C22H32N2O3. The van der Waals surface area contributed by atoms with E-state index in [1.807, 2.05) is 4.90 Å². The van der Waals surface area contributed by atoms with E-state index in [4.69, 9.17) is 4.74 Å². The fourth-order valence-corrected chi connectivity index (χ4v) is 3.99. The number of aliphatic hydroxyl groups excluding tert-OH is 1. The van der Waals surface area contributed by atoms with Gasteiger partial charge in [0.1, 0.15) is 0 Å². The zero-order chi connectivity index (χ0) is 19.2. The summed E-state index contributed by atoms with van der Waals surface area (Å²) in [4.78, 5) is 16.7. The number of carbonyl (C=O) groups excluding carboxylic acids is 1. The van der Waals surface area contributed by atoms with Crippen LogP contribution in [-0.4, -0.2) is 72.9 Å². The van der Waals surface area contributed by atoms with Crippen LogP contribution >= 0.6 is 0 Å². The van der Waals surface area contributed by atoms with E-state index in [0.29, 0.717) is 25.6 Å². The summed E-state index contributed by atoms with van der Waals surface area (Å²) in [5.41, 5.74) is 3.94. The molecule has 0 unspecified atom stereocenters. The molecule has 2 saturated heterocycles. The number of benzene rings is 1. The highest BCUT2D eigenvalue weighted by atomic mass is 16.5. The van der Waals surface area contributed by atoms with Crippen molar-refractivity contribution in [3.63, 3.8) is 0 Å². The van der Waals surface area contributed by atoms with Gasteiger partial charge in [-0.25, -0.2) is 0 Å². The van der Waals surface area contributed by atoms with Crippen LogP contribution in [0.4, 0.5) is 0 Å². The van der Waals surface area contributed by atoms with Gasteiger partial charge in [-0.2, -0.15) is 0 Å². The number of likely N-dealkylation sites (tertiary alicyclic amines) is 1. The lowest BCUT2D eigenvalue weighted by molar-refractivity contribution is -0.136. The van der Waals surface area contributed by atoms with Gasteiger partial charge < -0.3 is 14.7 Å². The van der Waals surface area contributed by atoms with Gasteiger partial charge >= 0.3 is 0 Å². The van der Waals surface area contributed by atoms with Crippen molar-refractivity contribution in [1.82, 2.24) is 9.80 Å². The number of carbonyl (C=O) groups is 1. The van der Waals surface area contributed by atoms with Crippen LogP contribution in [0, 0.1) is 19.8 Å². The van der Waals surface area contributed by atoms with Crippen molar-refractivity contribution in [2.24, 2.45) is 5.92 Å². The first-order valence-electron chi connectivity index (χ1n) is 10.0. The number of amides is 1. The summed E-state index contributed by atoms with van der Waals surface area (Å²) in [6, 6.07) is 6.41. The van der Waals surface area contributed by atoms with Crippen LogP contribution in [0.2, 0.25) is 0 Å². The van der Waals surface area contributed by atoms with Gasteiger partial charge in [-0.3, -0.25) is 9.69 Å². The summed E-state index contributed by atoms with van der Waals surface area (Å²) in [6.07, 6.45) is 6.47. The second-order valence-electron chi connectivity index (χ2n) is 7.79. The number of hydrogen-bond acceptors (Lipinski definition) is 4. The van der Waals surface area contributed by atoms with Crippen molar-refractivity contribution in [2.45, 2.75) is 32.8 Å². The summed E-state index contributed by atoms with van der Waals surface area (Å²) >= 11 is 0. The molecule has 5 nitrogen and oxygen atoms in total. The molecule has 1 N–H and O–H groups in total. The van der Waals surface area contributed by atoms with E-state index < -0.39 is 0 Å². The number of aliphatic hydroxyl groups is 1. The molecule has 2 heterocycles. The molecule has 0 aliphatic carbocycles. The molecule has 2 fully saturated rings. The van der Waals surface area contributed by atoms with Crippen molar-refractivity contribution >= 4 is 12.0 Å². The normalized spacial score (nSPS) is 22.5. The number of allylic oxidation sites excluding steroid dienone is 1. The van der Waals surface area contributed by atoms with Gasteiger partial charge in [-0.15, -0.1) is 0 Å². The minimum Gasteiger partial charge on any atom is -0.394 e. The van der Waals surface area contributed by atoms with Crippen molar-refractivity contribution in [3.05, 3.63) is 41.0 Å². The van der Waals surface area contributed by atoms with Gasteiger partial charge in [-0.1, -0.05) is 30.4 Å². The lowest BCUT2D eigenvalue weighted by atomic mass is 9.94. The van der Waals surface area contributed by atoms with Crippen LogP contribution in [0.3, 0.4) is 0 Å². The highest BCUT2D eigenvalue weighted by molar-refractivity contribution is 5.78. The van der Waals surface area contributed by atoms with Crippen molar-refractivity contribution in [3.8, 4) is 0 Å². The number of rotatable bonds is 5. The van der Waals surface area contributed by atoms with E-state index in [-0.39, 0.29) is 18.6 Å². The minimum atomic E-state index is -0.160. The predicted molar refractivity (Wildman–Crippen MR) is 108 cm³/mol. The summed E-state index contributed by atoms with van der Waals surface area (Å²) in [7, 11) is 0. The number of piperidine rings is 1. The van der Waals surface area contributed by atoms with Crippen LogP contribution < -0.4 is 0 Å². The average Bonchev–Trinajstić information content (AvgIpc) is 2.68.